The second-order valence-electron chi connectivity index (χ2n) is 3.39. The average Bonchev–Trinajstić information content (AvgIpc) is 2.31. The molecule has 1 aromatic carbocycles. The van der Waals surface area contributed by atoms with Gasteiger partial charge in [0.05, 0.1) is 12.3 Å². The minimum Gasteiger partial charge on any atom is -0.464 e. The first-order valence-electron chi connectivity index (χ1n) is 5.05. The molecule has 4 N–H and O–H groups in total. The maximum Gasteiger partial charge on any atom is 0.338 e. The normalized spacial score (nSPS) is 14.1. The highest BCUT2D eigenvalue weighted by atomic mass is 19.1. The van der Waals surface area contributed by atoms with Crippen LogP contribution in [0.3, 0.4) is 0 Å². The average molecular weight is 243 g/mol. The van der Waals surface area contributed by atoms with Crippen LogP contribution in [0, 0.1) is 5.82 Å². The Hall–Kier alpha value is -1.66. The van der Waals surface area contributed by atoms with Crippen LogP contribution in [0.4, 0.5) is 10.1 Å². The second-order valence-corrected chi connectivity index (χ2v) is 3.39. The molecule has 2 atom stereocenters. The van der Waals surface area contributed by atoms with Gasteiger partial charge in [-0.3, -0.25) is 0 Å². The molecule has 2 unspecified atom stereocenters. The monoisotopic (exact) mass is 243 g/mol. The van der Waals surface area contributed by atoms with Gasteiger partial charge in [0, 0.05) is 5.56 Å². The minimum absolute atomic E-state index is 0.0576. The van der Waals surface area contributed by atoms with Gasteiger partial charge in [-0.25, -0.2) is 9.18 Å². The molecule has 0 spiro atoms. The van der Waals surface area contributed by atoms with Gasteiger partial charge in [0.1, 0.15) is 6.10 Å². The maximum atomic E-state index is 13.5. The van der Waals surface area contributed by atoms with Crippen LogP contribution in [-0.4, -0.2) is 28.9 Å². The Morgan fingerprint density at radius 3 is 2.76 bits per heavy atom. The number of rotatable bonds is 4. The summed E-state index contributed by atoms with van der Waals surface area (Å²) < 4.78 is 18.0. The summed E-state index contributed by atoms with van der Waals surface area (Å²) in [6.45, 7) is 1.61. The van der Waals surface area contributed by atoms with Crippen molar-refractivity contribution in [3.8, 4) is 0 Å². The van der Waals surface area contributed by atoms with Gasteiger partial charge in [0.2, 0.25) is 0 Å². The lowest BCUT2D eigenvalue weighted by atomic mass is 10.0. The first-order chi connectivity index (χ1) is 7.99. The van der Waals surface area contributed by atoms with Gasteiger partial charge in [-0.15, -0.1) is 0 Å². The molecule has 0 heterocycles. The maximum absolute atomic E-state index is 13.5. The molecule has 0 saturated heterocycles. The SMILES string of the molecule is CCOC(=O)C(O)C(O)c1cccc(N)c1F. The number of hydrogen-bond donors (Lipinski definition) is 3. The molecule has 0 radical (unpaired) electrons. The number of aliphatic hydroxyl groups excluding tert-OH is 2. The highest BCUT2D eigenvalue weighted by Gasteiger charge is 2.29. The zero-order chi connectivity index (χ0) is 13.0. The number of anilines is 1. The Morgan fingerprint density at radius 1 is 1.53 bits per heavy atom. The third kappa shape index (κ3) is 2.92. The molecular weight excluding hydrogens is 229 g/mol. The van der Waals surface area contributed by atoms with E-state index in [4.69, 9.17) is 5.73 Å². The smallest absolute Gasteiger partial charge is 0.338 e. The lowest BCUT2D eigenvalue weighted by Gasteiger charge is -2.17. The minimum atomic E-state index is -1.84. The van der Waals surface area contributed by atoms with Gasteiger partial charge in [-0.05, 0) is 13.0 Å². The van der Waals surface area contributed by atoms with E-state index in [1.165, 1.54) is 18.2 Å². The summed E-state index contributed by atoms with van der Waals surface area (Å²) in [7, 11) is 0. The second kappa shape index (κ2) is 5.60. The van der Waals surface area contributed by atoms with E-state index in [0.717, 1.165) is 0 Å². The van der Waals surface area contributed by atoms with Crippen LogP contribution in [-0.2, 0) is 9.53 Å². The largest absolute Gasteiger partial charge is 0.464 e. The molecule has 5 nitrogen and oxygen atoms in total. The number of hydrogen-bond acceptors (Lipinski definition) is 5. The van der Waals surface area contributed by atoms with Crippen LogP contribution >= 0.6 is 0 Å². The van der Waals surface area contributed by atoms with Crippen LogP contribution in [0.2, 0.25) is 0 Å². The summed E-state index contributed by atoms with van der Waals surface area (Å²) in [6, 6.07) is 3.95. The van der Waals surface area contributed by atoms with E-state index in [1.807, 2.05) is 0 Å². The first kappa shape index (κ1) is 13.4. The number of benzene rings is 1. The molecule has 0 saturated carbocycles. The number of esters is 1. The van der Waals surface area contributed by atoms with E-state index < -0.39 is 24.0 Å². The summed E-state index contributed by atoms with van der Waals surface area (Å²) in [6.07, 6.45) is -3.55. The van der Waals surface area contributed by atoms with E-state index >= 15 is 0 Å². The molecule has 1 rings (SSSR count). The lowest BCUT2D eigenvalue weighted by molar-refractivity contribution is -0.159. The zero-order valence-corrected chi connectivity index (χ0v) is 9.26. The van der Waals surface area contributed by atoms with E-state index in [-0.39, 0.29) is 17.9 Å². The third-order valence-electron chi connectivity index (χ3n) is 2.20. The fourth-order valence-electron chi connectivity index (χ4n) is 1.32. The Morgan fingerprint density at radius 2 is 2.18 bits per heavy atom. The molecule has 0 amide bonds. The van der Waals surface area contributed by atoms with Crippen molar-refractivity contribution in [3.63, 3.8) is 0 Å². The fourth-order valence-corrected chi connectivity index (χ4v) is 1.32. The zero-order valence-electron chi connectivity index (χ0n) is 9.26. The predicted octanol–water partition coefficient (Wildman–Crippen LogP) is 0.365. The van der Waals surface area contributed by atoms with Gasteiger partial charge < -0.3 is 20.7 Å². The molecule has 0 aliphatic heterocycles. The molecule has 0 fully saturated rings. The van der Waals surface area contributed by atoms with E-state index in [0.29, 0.717) is 0 Å². The summed E-state index contributed by atoms with van der Waals surface area (Å²) in [5, 5.41) is 19.1. The van der Waals surface area contributed by atoms with Crippen molar-refractivity contribution in [3.05, 3.63) is 29.6 Å². The number of nitrogens with two attached hydrogens (primary N) is 1. The van der Waals surface area contributed by atoms with Crippen molar-refractivity contribution in [1.29, 1.82) is 0 Å². The van der Waals surface area contributed by atoms with Crippen LogP contribution in [0.5, 0.6) is 0 Å². The molecule has 0 aliphatic rings. The van der Waals surface area contributed by atoms with Crippen LogP contribution in [0.25, 0.3) is 0 Å². The van der Waals surface area contributed by atoms with E-state index in [1.54, 1.807) is 6.92 Å². The highest BCUT2D eigenvalue weighted by Crippen LogP contribution is 2.24. The van der Waals surface area contributed by atoms with Gasteiger partial charge in [0.25, 0.3) is 0 Å². The van der Waals surface area contributed by atoms with Gasteiger partial charge in [-0.1, -0.05) is 12.1 Å². The summed E-state index contributed by atoms with van der Waals surface area (Å²) in [4.78, 5) is 11.2. The quantitative estimate of drug-likeness (QED) is 0.524. The molecule has 0 bridgehead atoms. The van der Waals surface area contributed by atoms with Crippen molar-refractivity contribution in [2.45, 2.75) is 19.1 Å². The van der Waals surface area contributed by atoms with E-state index in [9.17, 15) is 19.4 Å². The van der Waals surface area contributed by atoms with Gasteiger partial charge in [-0.2, -0.15) is 0 Å². The number of halogens is 1. The summed E-state index contributed by atoms with van der Waals surface area (Å²) in [5.74, 6) is -1.87. The lowest BCUT2D eigenvalue weighted by Crippen LogP contribution is -2.30. The molecule has 6 heteroatoms. The predicted molar refractivity (Wildman–Crippen MR) is 58.4 cm³/mol. The number of aliphatic hydroxyl groups is 2. The fraction of sp³-hybridized carbons (Fsp3) is 0.364. The van der Waals surface area contributed by atoms with Crippen molar-refractivity contribution >= 4 is 11.7 Å². The topological polar surface area (TPSA) is 92.8 Å². The Balaban J connectivity index is 2.92. The molecular formula is C11H14FNO4. The molecule has 1 aromatic rings. The van der Waals surface area contributed by atoms with Crippen molar-refractivity contribution in [2.24, 2.45) is 0 Å². The third-order valence-corrected chi connectivity index (χ3v) is 2.20. The highest BCUT2D eigenvalue weighted by molar-refractivity contribution is 5.75. The van der Waals surface area contributed by atoms with Crippen molar-refractivity contribution in [1.82, 2.24) is 0 Å². The molecule has 0 aromatic heterocycles. The molecule has 0 aliphatic carbocycles. The van der Waals surface area contributed by atoms with Crippen molar-refractivity contribution in [2.75, 3.05) is 12.3 Å². The van der Waals surface area contributed by atoms with Crippen LogP contribution < -0.4 is 5.73 Å². The van der Waals surface area contributed by atoms with Crippen molar-refractivity contribution < 1.29 is 24.1 Å². The number of carbonyl (C=O) groups is 1. The summed E-state index contributed by atoms with van der Waals surface area (Å²) >= 11 is 0. The molecule has 94 valence electrons. The first-order valence-corrected chi connectivity index (χ1v) is 5.05. The Kier molecular flexibility index (Phi) is 4.42. The molecule has 17 heavy (non-hydrogen) atoms. The Bertz CT molecular complexity index is 410. The van der Waals surface area contributed by atoms with E-state index in [2.05, 4.69) is 4.74 Å². The number of ether oxygens (including phenoxy) is 1. The van der Waals surface area contributed by atoms with Gasteiger partial charge >= 0.3 is 5.97 Å². The number of carbonyl (C=O) groups excluding carboxylic acids is 1. The van der Waals surface area contributed by atoms with Gasteiger partial charge in [0.15, 0.2) is 11.9 Å². The van der Waals surface area contributed by atoms with Crippen LogP contribution in [0.15, 0.2) is 18.2 Å². The summed E-state index contributed by atoms with van der Waals surface area (Å²) in [5.41, 5.74) is 4.90. The standard InChI is InChI=1S/C11H14FNO4/c1-2-17-11(16)10(15)9(14)6-4-3-5-7(13)8(6)12/h3-5,9-10,14-15H,2,13H2,1H3. The number of nitrogen functional groups attached to an aromatic ring is 1. The van der Waals surface area contributed by atoms with Crippen LogP contribution in [0.1, 0.15) is 18.6 Å². The Labute approximate surface area is 97.6 Å².